The topological polar surface area (TPSA) is 85.2 Å². The van der Waals surface area contributed by atoms with Gasteiger partial charge in [0, 0.05) is 23.6 Å². The number of amides is 2. The summed E-state index contributed by atoms with van der Waals surface area (Å²) in [6, 6.07) is 11.0. The normalized spacial score (nSPS) is 12.3. The van der Waals surface area contributed by atoms with Gasteiger partial charge >= 0.3 is 0 Å². The molecule has 0 fully saturated rings. The number of nitrogens with one attached hydrogen (secondary N) is 2. The molecule has 7 nitrogen and oxygen atoms in total. The number of aromatic nitrogens is 2. The third-order valence-corrected chi connectivity index (χ3v) is 6.25. The van der Waals surface area contributed by atoms with Gasteiger partial charge in [-0.05, 0) is 35.9 Å². The lowest BCUT2D eigenvalue weighted by molar-refractivity contribution is -0.122. The fraction of sp³-hybridized carbons (Fsp3) is 0.227. The van der Waals surface area contributed by atoms with Crippen molar-refractivity contribution in [3.8, 4) is 5.75 Å². The SMILES string of the molecule is COc1ccc(CNC(=O)Cn2nc3c(c2NC(=O)c2ccc(F)cc2Cl)CSC3)cc1. The first kappa shape index (κ1) is 22.2. The zero-order chi connectivity index (χ0) is 22.7. The molecule has 0 saturated carbocycles. The number of methoxy groups -OCH3 is 1. The van der Waals surface area contributed by atoms with Gasteiger partial charge in [-0.15, -0.1) is 0 Å². The first-order chi connectivity index (χ1) is 15.4. The molecule has 0 radical (unpaired) electrons. The van der Waals surface area contributed by atoms with Crippen LogP contribution >= 0.6 is 23.4 Å². The summed E-state index contributed by atoms with van der Waals surface area (Å²) in [6.45, 7) is 0.299. The lowest BCUT2D eigenvalue weighted by Gasteiger charge is -2.12. The number of thioether (sulfide) groups is 1. The number of fused-ring (bicyclic) bond motifs is 1. The van der Waals surface area contributed by atoms with Gasteiger partial charge in [-0.1, -0.05) is 23.7 Å². The molecule has 32 heavy (non-hydrogen) atoms. The van der Waals surface area contributed by atoms with Gasteiger partial charge in [0.15, 0.2) is 0 Å². The molecule has 0 bridgehead atoms. The molecule has 2 aromatic carbocycles. The van der Waals surface area contributed by atoms with Gasteiger partial charge in [-0.3, -0.25) is 9.59 Å². The Morgan fingerprint density at radius 1 is 1.22 bits per heavy atom. The molecule has 1 aromatic heterocycles. The molecule has 2 N–H and O–H groups in total. The minimum absolute atomic E-state index is 0.0109. The van der Waals surface area contributed by atoms with Crippen molar-refractivity contribution in [1.82, 2.24) is 15.1 Å². The van der Waals surface area contributed by atoms with E-state index in [0.717, 1.165) is 28.6 Å². The molecule has 10 heteroatoms. The number of nitrogens with zero attached hydrogens (tertiary/aromatic N) is 2. The van der Waals surface area contributed by atoms with E-state index in [0.29, 0.717) is 23.9 Å². The third-order valence-electron chi connectivity index (χ3n) is 4.97. The Balaban J connectivity index is 1.47. The Morgan fingerprint density at radius 2 is 2.00 bits per heavy atom. The summed E-state index contributed by atoms with van der Waals surface area (Å²) in [5, 5.41) is 10.2. The second-order valence-corrected chi connectivity index (χ2v) is 8.52. The molecule has 1 aliphatic rings. The van der Waals surface area contributed by atoms with Gasteiger partial charge in [0.2, 0.25) is 5.91 Å². The summed E-state index contributed by atoms with van der Waals surface area (Å²) in [6.07, 6.45) is 0. The van der Waals surface area contributed by atoms with E-state index in [2.05, 4.69) is 15.7 Å². The van der Waals surface area contributed by atoms with Gasteiger partial charge in [0.1, 0.15) is 23.9 Å². The van der Waals surface area contributed by atoms with Crippen LogP contribution in [0.3, 0.4) is 0 Å². The maximum Gasteiger partial charge on any atom is 0.258 e. The summed E-state index contributed by atoms with van der Waals surface area (Å²) in [7, 11) is 1.59. The highest BCUT2D eigenvalue weighted by molar-refractivity contribution is 7.98. The zero-order valence-corrected chi connectivity index (χ0v) is 18.7. The predicted octanol–water partition coefficient (Wildman–Crippen LogP) is 4.00. The van der Waals surface area contributed by atoms with Crippen molar-refractivity contribution in [3.05, 3.63) is 75.7 Å². The van der Waals surface area contributed by atoms with E-state index < -0.39 is 11.7 Å². The molecular formula is C22H20ClFN4O3S. The molecule has 0 aliphatic carbocycles. The van der Waals surface area contributed by atoms with E-state index in [4.69, 9.17) is 16.3 Å². The number of carbonyl (C=O) groups is 2. The molecule has 3 aromatic rings. The number of hydrogen-bond donors (Lipinski definition) is 2. The van der Waals surface area contributed by atoms with Crippen LogP contribution in [0, 0.1) is 5.82 Å². The standard InChI is InChI=1S/C22H20ClFN4O3S/c1-31-15-5-2-13(3-6-15)9-25-20(29)10-28-21(17-11-32-12-19(17)27-28)26-22(30)16-7-4-14(24)8-18(16)23/h2-8H,9-12H2,1H3,(H,25,29)(H,26,30). The van der Waals surface area contributed by atoms with Gasteiger partial charge in [-0.25, -0.2) is 9.07 Å². The second-order valence-electron chi connectivity index (χ2n) is 7.13. The molecular weight excluding hydrogens is 455 g/mol. The number of benzene rings is 2. The molecule has 166 valence electrons. The molecule has 2 amide bonds. The van der Waals surface area contributed by atoms with Crippen molar-refractivity contribution in [2.75, 3.05) is 12.4 Å². The Morgan fingerprint density at radius 3 is 2.72 bits per heavy atom. The van der Waals surface area contributed by atoms with Crippen LogP contribution in [0.15, 0.2) is 42.5 Å². The van der Waals surface area contributed by atoms with Crippen LogP contribution in [0.5, 0.6) is 5.75 Å². The lowest BCUT2D eigenvalue weighted by Crippen LogP contribution is -2.29. The fourth-order valence-electron chi connectivity index (χ4n) is 3.30. The summed E-state index contributed by atoms with van der Waals surface area (Å²) >= 11 is 7.70. The first-order valence-electron chi connectivity index (χ1n) is 9.77. The average Bonchev–Trinajstić information content (AvgIpc) is 3.35. The summed E-state index contributed by atoms with van der Waals surface area (Å²) < 4.78 is 19.9. The molecule has 0 spiro atoms. The second kappa shape index (κ2) is 9.62. The van der Waals surface area contributed by atoms with E-state index in [-0.39, 0.29) is 23.0 Å². The zero-order valence-electron chi connectivity index (χ0n) is 17.2. The molecule has 0 unspecified atom stereocenters. The van der Waals surface area contributed by atoms with Gasteiger partial charge < -0.3 is 15.4 Å². The lowest BCUT2D eigenvalue weighted by atomic mass is 10.2. The quantitative estimate of drug-likeness (QED) is 0.540. The largest absolute Gasteiger partial charge is 0.497 e. The van der Waals surface area contributed by atoms with E-state index in [1.54, 1.807) is 18.9 Å². The van der Waals surface area contributed by atoms with Crippen molar-refractivity contribution in [1.29, 1.82) is 0 Å². The number of hydrogen-bond acceptors (Lipinski definition) is 5. The van der Waals surface area contributed by atoms with Crippen molar-refractivity contribution in [2.24, 2.45) is 0 Å². The van der Waals surface area contributed by atoms with Gasteiger partial charge in [0.05, 0.1) is 23.4 Å². The van der Waals surface area contributed by atoms with Gasteiger partial charge in [-0.2, -0.15) is 16.9 Å². The highest BCUT2D eigenvalue weighted by atomic mass is 35.5. The van der Waals surface area contributed by atoms with E-state index in [1.165, 1.54) is 16.8 Å². The average molecular weight is 475 g/mol. The molecule has 0 saturated heterocycles. The van der Waals surface area contributed by atoms with Crippen LogP contribution in [0.4, 0.5) is 10.2 Å². The Bertz CT molecular complexity index is 1170. The molecule has 1 aliphatic heterocycles. The van der Waals surface area contributed by atoms with Crippen LogP contribution < -0.4 is 15.4 Å². The molecule has 4 rings (SSSR count). The third kappa shape index (κ3) is 4.89. The number of rotatable bonds is 7. The fourth-order valence-corrected chi connectivity index (χ4v) is 4.59. The summed E-state index contributed by atoms with van der Waals surface area (Å²) in [5.74, 6) is 1.31. The van der Waals surface area contributed by atoms with Crippen LogP contribution in [-0.4, -0.2) is 28.7 Å². The molecule has 0 atom stereocenters. The minimum atomic E-state index is -0.526. The number of halogens is 2. The van der Waals surface area contributed by atoms with Crippen molar-refractivity contribution < 1.29 is 18.7 Å². The van der Waals surface area contributed by atoms with E-state index in [9.17, 15) is 14.0 Å². The smallest absolute Gasteiger partial charge is 0.258 e. The van der Waals surface area contributed by atoms with Crippen LogP contribution in [-0.2, 0) is 29.4 Å². The van der Waals surface area contributed by atoms with Crippen molar-refractivity contribution in [3.63, 3.8) is 0 Å². The van der Waals surface area contributed by atoms with Gasteiger partial charge in [0.25, 0.3) is 5.91 Å². The number of carbonyl (C=O) groups excluding carboxylic acids is 2. The summed E-state index contributed by atoms with van der Waals surface area (Å²) in [4.78, 5) is 25.3. The Labute approximate surface area is 193 Å². The maximum atomic E-state index is 13.3. The maximum absolute atomic E-state index is 13.3. The van der Waals surface area contributed by atoms with E-state index in [1.807, 2.05) is 24.3 Å². The highest BCUT2D eigenvalue weighted by Crippen LogP contribution is 2.35. The number of anilines is 1. The monoisotopic (exact) mass is 474 g/mol. The van der Waals surface area contributed by atoms with E-state index >= 15 is 0 Å². The predicted molar refractivity (Wildman–Crippen MR) is 121 cm³/mol. The van der Waals surface area contributed by atoms with Crippen molar-refractivity contribution in [2.45, 2.75) is 24.6 Å². The van der Waals surface area contributed by atoms with Crippen LogP contribution in [0.1, 0.15) is 27.2 Å². The minimum Gasteiger partial charge on any atom is -0.497 e. The first-order valence-corrected chi connectivity index (χ1v) is 11.3. The molecule has 2 heterocycles. The van der Waals surface area contributed by atoms with Crippen molar-refractivity contribution >= 4 is 41.0 Å². The Hall–Kier alpha value is -3.04. The number of ether oxygens (including phenoxy) is 1. The highest BCUT2D eigenvalue weighted by Gasteiger charge is 2.25. The van der Waals surface area contributed by atoms with Crippen LogP contribution in [0.2, 0.25) is 5.02 Å². The van der Waals surface area contributed by atoms with Crippen LogP contribution in [0.25, 0.3) is 0 Å². The Kier molecular flexibility index (Phi) is 6.66. The summed E-state index contributed by atoms with van der Waals surface area (Å²) in [5.41, 5.74) is 2.78.